The minimum atomic E-state index is 0.613. The van der Waals surface area contributed by atoms with Crippen LogP contribution in [0.25, 0.3) is 10.9 Å². The average molecular weight is 279 g/mol. The number of fused-ring (bicyclic) bond motifs is 2. The molecule has 0 N–H and O–H groups in total. The topological polar surface area (TPSA) is 63.9 Å². The molecule has 6 heteroatoms. The molecule has 3 aromatic rings. The standard InChI is InChI=1S/C15H13N5O/c21-9-12-7-11-3-1-2-4-13(11)17-15(12)19-5-6-20-10-16-18-14(20)8-19/h1-4,7,9-10H,5-6,8H2. The number of rotatable bonds is 2. The zero-order chi connectivity index (χ0) is 14.2. The van der Waals surface area contributed by atoms with E-state index in [2.05, 4.69) is 20.1 Å². The van der Waals surface area contributed by atoms with Gasteiger partial charge in [-0.05, 0) is 12.1 Å². The van der Waals surface area contributed by atoms with Crippen LogP contribution in [-0.2, 0) is 13.1 Å². The number of para-hydroxylation sites is 1. The molecule has 2 aromatic heterocycles. The Morgan fingerprint density at radius 1 is 1.19 bits per heavy atom. The second kappa shape index (κ2) is 4.66. The first-order valence-corrected chi connectivity index (χ1v) is 6.82. The van der Waals surface area contributed by atoms with E-state index >= 15 is 0 Å². The maximum absolute atomic E-state index is 11.4. The zero-order valence-electron chi connectivity index (χ0n) is 11.3. The smallest absolute Gasteiger partial charge is 0.153 e. The number of hydrogen-bond acceptors (Lipinski definition) is 5. The number of aromatic nitrogens is 4. The second-order valence-electron chi connectivity index (χ2n) is 5.07. The third kappa shape index (κ3) is 1.96. The van der Waals surface area contributed by atoms with E-state index in [1.54, 1.807) is 6.33 Å². The Labute approximate surface area is 121 Å². The molecule has 0 spiro atoms. The molecule has 0 aliphatic carbocycles. The van der Waals surface area contributed by atoms with Gasteiger partial charge in [0, 0.05) is 18.5 Å². The summed E-state index contributed by atoms with van der Waals surface area (Å²) in [4.78, 5) is 18.2. The molecule has 1 aliphatic rings. The average Bonchev–Trinajstić information content (AvgIpc) is 3.01. The number of benzene rings is 1. The highest BCUT2D eigenvalue weighted by Crippen LogP contribution is 2.25. The number of nitrogens with zero attached hydrogens (tertiary/aromatic N) is 5. The Morgan fingerprint density at radius 3 is 3.00 bits per heavy atom. The van der Waals surface area contributed by atoms with Crippen molar-refractivity contribution >= 4 is 23.0 Å². The number of hydrogen-bond donors (Lipinski definition) is 0. The minimum absolute atomic E-state index is 0.613. The number of aldehydes is 1. The third-order valence-electron chi connectivity index (χ3n) is 3.80. The van der Waals surface area contributed by atoms with Gasteiger partial charge in [-0.1, -0.05) is 18.2 Å². The number of pyridine rings is 1. The molecule has 0 bridgehead atoms. The van der Waals surface area contributed by atoms with Gasteiger partial charge in [0.1, 0.15) is 12.1 Å². The fraction of sp³-hybridized carbons (Fsp3) is 0.200. The van der Waals surface area contributed by atoms with Crippen LogP contribution in [0.3, 0.4) is 0 Å². The summed E-state index contributed by atoms with van der Waals surface area (Å²) in [6.45, 7) is 2.21. The van der Waals surface area contributed by atoms with Crippen LogP contribution in [0.5, 0.6) is 0 Å². The van der Waals surface area contributed by atoms with E-state index in [0.717, 1.165) is 41.9 Å². The lowest BCUT2D eigenvalue weighted by atomic mass is 10.1. The summed E-state index contributed by atoms with van der Waals surface area (Å²) in [6, 6.07) is 9.71. The highest BCUT2D eigenvalue weighted by molar-refractivity contribution is 5.91. The molecule has 0 atom stereocenters. The van der Waals surface area contributed by atoms with Crippen LogP contribution in [0, 0.1) is 0 Å². The molecule has 1 aromatic carbocycles. The van der Waals surface area contributed by atoms with Crippen LogP contribution in [0.2, 0.25) is 0 Å². The SMILES string of the molecule is O=Cc1cc2ccccc2nc1N1CCn2cnnc2C1. The van der Waals surface area contributed by atoms with E-state index in [-0.39, 0.29) is 0 Å². The van der Waals surface area contributed by atoms with Crippen LogP contribution >= 0.6 is 0 Å². The number of anilines is 1. The summed E-state index contributed by atoms with van der Waals surface area (Å²) in [5, 5.41) is 9.00. The van der Waals surface area contributed by atoms with Gasteiger partial charge in [-0.25, -0.2) is 4.98 Å². The van der Waals surface area contributed by atoms with Gasteiger partial charge < -0.3 is 9.47 Å². The summed E-state index contributed by atoms with van der Waals surface area (Å²) in [6.07, 6.45) is 2.61. The van der Waals surface area contributed by atoms with Crippen molar-refractivity contribution in [3.8, 4) is 0 Å². The largest absolute Gasteiger partial charge is 0.347 e. The molecule has 0 radical (unpaired) electrons. The van der Waals surface area contributed by atoms with E-state index in [0.29, 0.717) is 12.1 Å². The summed E-state index contributed by atoms with van der Waals surface area (Å²) in [5.41, 5.74) is 1.51. The van der Waals surface area contributed by atoms with Crippen molar-refractivity contribution in [2.75, 3.05) is 11.4 Å². The predicted octanol–water partition coefficient (Wildman–Crippen LogP) is 1.66. The van der Waals surface area contributed by atoms with E-state index in [1.807, 2.05) is 34.9 Å². The van der Waals surface area contributed by atoms with Crippen LogP contribution in [0.4, 0.5) is 5.82 Å². The highest BCUT2D eigenvalue weighted by Gasteiger charge is 2.21. The molecule has 104 valence electrons. The Bertz CT molecular complexity index is 826. The number of carbonyl (C=O) groups excluding carboxylic acids is 1. The molecule has 0 unspecified atom stereocenters. The lowest BCUT2D eigenvalue weighted by molar-refractivity contribution is 0.112. The summed E-state index contributed by atoms with van der Waals surface area (Å²) in [5.74, 6) is 1.62. The third-order valence-corrected chi connectivity index (χ3v) is 3.80. The van der Waals surface area contributed by atoms with Gasteiger partial charge in [0.05, 0.1) is 17.6 Å². The Kier molecular flexibility index (Phi) is 2.67. The van der Waals surface area contributed by atoms with E-state index in [4.69, 9.17) is 0 Å². The molecule has 6 nitrogen and oxygen atoms in total. The molecule has 0 saturated heterocycles. The van der Waals surface area contributed by atoms with E-state index < -0.39 is 0 Å². The normalized spacial score (nSPS) is 14.2. The van der Waals surface area contributed by atoms with Gasteiger partial charge in [-0.3, -0.25) is 4.79 Å². The summed E-state index contributed by atoms with van der Waals surface area (Å²) < 4.78 is 2.03. The number of carbonyl (C=O) groups is 1. The molecular formula is C15H13N5O. The first-order chi connectivity index (χ1) is 10.3. The maximum Gasteiger partial charge on any atom is 0.153 e. The molecular weight excluding hydrogens is 266 g/mol. The Morgan fingerprint density at radius 2 is 2.10 bits per heavy atom. The lowest BCUT2D eigenvalue weighted by Gasteiger charge is -2.29. The van der Waals surface area contributed by atoms with Crippen LogP contribution in [-0.4, -0.2) is 32.6 Å². The van der Waals surface area contributed by atoms with Crippen molar-refractivity contribution in [2.45, 2.75) is 13.1 Å². The molecule has 0 saturated carbocycles. The van der Waals surface area contributed by atoms with Gasteiger partial charge in [-0.15, -0.1) is 10.2 Å². The van der Waals surface area contributed by atoms with Crippen molar-refractivity contribution < 1.29 is 4.79 Å². The quantitative estimate of drug-likeness (QED) is 0.667. The summed E-state index contributed by atoms with van der Waals surface area (Å²) >= 11 is 0. The zero-order valence-corrected chi connectivity index (χ0v) is 11.3. The van der Waals surface area contributed by atoms with Crippen molar-refractivity contribution in [3.63, 3.8) is 0 Å². The molecule has 1 aliphatic heterocycles. The lowest BCUT2D eigenvalue weighted by Crippen LogP contribution is -2.34. The first kappa shape index (κ1) is 12.0. The van der Waals surface area contributed by atoms with Crippen molar-refractivity contribution in [1.82, 2.24) is 19.7 Å². The van der Waals surface area contributed by atoms with Gasteiger partial charge in [0.2, 0.25) is 0 Å². The molecule has 3 heterocycles. The molecule has 0 amide bonds. The summed E-state index contributed by atoms with van der Waals surface area (Å²) in [7, 11) is 0. The van der Waals surface area contributed by atoms with Gasteiger partial charge in [0.25, 0.3) is 0 Å². The Balaban J connectivity index is 1.81. The van der Waals surface area contributed by atoms with Crippen LogP contribution < -0.4 is 4.90 Å². The fourth-order valence-electron chi connectivity index (χ4n) is 2.71. The van der Waals surface area contributed by atoms with Gasteiger partial charge in [0.15, 0.2) is 12.1 Å². The van der Waals surface area contributed by atoms with Crippen LogP contribution in [0.15, 0.2) is 36.7 Å². The fourth-order valence-corrected chi connectivity index (χ4v) is 2.71. The highest BCUT2D eigenvalue weighted by atomic mass is 16.1. The molecule has 0 fully saturated rings. The first-order valence-electron chi connectivity index (χ1n) is 6.82. The monoisotopic (exact) mass is 279 g/mol. The molecule has 21 heavy (non-hydrogen) atoms. The maximum atomic E-state index is 11.4. The Hall–Kier alpha value is -2.76. The van der Waals surface area contributed by atoms with E-state index in [1.165, 1.54) is 0 Å². The second-order valence-corrected chi connectivity index (χ2v) is 5.07. The van der Waals surface area contributed by atoms with E-state index in [9.17, 15) is 4.79 Å². The van der Waals surface area contributed by atoms with Crippen molar-refractivity contribution in [2.24, 2.45) is 0 Å². The molecule has 4 rings (SSSR count). The van der Waals surface area contributed by atoms with Crippen molar-refractivity contribution in [3.05, 3.63) is 48.0 Å². The van der Waals surface area contributed by atoms with Crippen LogP contribution in [0.1, 0.15) is 16.2 Å². The van der Waals surface area contributed by atoms with Crippen molar-refractivity contribution in [1.29, 1.82) is 0 Å². The van der Waals surface area contributed by atoms with Gasteiger partial charge >= 0.3 is 0 Å². The predicted molar refractivity (Wildman–Crippen MR) is 78.2 cm³/mol. The minimum Gasteiger partial charge on any atom is -0.347 e. The van der Waals surface area contributed by atoms with Gasteiger partial charge in [-0.2, -0.15) is 0 Å².